The maximum absolute atomic E-state index is 12.4. The first-order valence-electron chi connectivity index (χ1n) is 10.5. The largest absolute Gasteiger partial charge is 0.486 e. The highest BCUT2D eigenvalue weighted by atomic mass is 16.6. The van der Waals surface area contributed by atoms with Crippen LogP contribution in [0.4, 0.5) is 5.69 Å². The van der Waals surface area contributed by atoms with Crippen LogP contribution < -0.4 is 14.8 Å². The van der Waals surface area contributed by atoms with Crippen LogP contribution in [0, 0.1) is 0 Å². The molecule has 1 aromatic heterocycles. The standard InChI is InChI=1S/C24H25N3O5/c28-21(19-6-8-22-23(14-19)32-13-12-31-22)7-9-24(29)26-20-15-25-27(16-20)10-11-30-17-18-4-2-1-3-5-18/h1-6,8,14-16H,7,9-13,17H2,(H,26,29). The normalized spacial score (nSPS) is 12.4. The van der Waals surface area contributed by atoms with Gasteiger partial charge in [-0.15, -0.1) is 0 Å². The number of aromatic nitrogens is 2. The third-order valence-corrected chi connectivity index (χ3v) is 4.94. The van der Waals surface area contributed by atoms with Crippen LogP contribution >= 0.6 is 0 Å². The van der Waals surface area contributed by atoms with Crippen molar-refractivity contribution in [2.24, 2.45) is 0 Å². The Morgan fingerprint density at radius 2 is 1.84 bits per heavy atom. The molecule has 4 rings (SSSR count). The lowest BCUT2D eigenvalue weighted by atomic mass is 10.1. The molecule has 32 heavy (non-hydrogen) atoms. The quantitative estimate of drug-likeness (QED) is 0.387. The maximum Gasteiger partial charge on any atom is 0.224 e. The first-order valence-corrected chi connectivity index (χ1v) is 10.5. The summed E-state index contributed by atoms with van der Waals surface area (Å²) in [5, 5.41) is 7.00. The highest BCUT2D eigenvalue weighted by Crippen LogP contribution is 2.31. The number of nitrogens with zero attached hydrogens (tertiary/aromatic N) is 2. The van der Waals surface area contributed by atoms with Crippen LogP contribution in [0.1, 0.15) is 28.8 Å². The molecule has 0 aliphatic carbocycles. The Morgan fingerprint density at radius 3 is 2.69 bits per heavy atom. The lowest BCUT2D eigenvalue weighted by Gasteiger charge is -2.18. The molecule has 0 saturated heterocycles. The molecular formula is C24H25N3O5. The number of benzene rings is 2. The van der Waals surface area contributed by atoms with Gasteiger partial charge in [0.05, 0.1) is 31.6 Å². The van der Waals surface area contributed by atoms with Crippen LogP contribution in [0.3, 0.4) is 0 Å². The van der Waals surface area contributed by atoms with Crippen molar-refractivity contribution in [3.8, 4) is 11.5 Å². The third-order valence-electron chi connectivity index (χ3n) is 4.94. The minimum absolute atomic E-state index is 0.0820. The number of anilines is 1. The molecule has 1 aliphatic heterocycles. The van der Waals surface area contributed by atoms with Crippen LogP contribution in [-0.4, -0.2) is 41.3 Å². The van der Waals surface area contributed by atoms with Gasteiger partial charge in [-0.2, -0.15) is 5.10 Å². The Labute approximate surface area is 186 Å². The molecular weight excluding hydrogens is 410 g/mol. The highest BCUT2D eigenvalue weighted by molar-refractivity contribution is 6.00. The highest BCUT2D eigenvalue weighted by Gasteiger charge is 2.16. The van der Waals surface area contributed by atoms with E-state index < -0.39 is 0 Å². The number of amides is 1. The number of ether oxygens (including phenoxy) is 3. The Bertz CT molecular complexity index is 1060. The van der Waals surface area contributed by atoms with Gasteiger partial charge in [-0.3, -0.25) is 14.3 Å². The number of carbonyl (C=O) groups is 2. The van der Waals surface area contributed by atoms with Gasteiger partial charge >= 0.3 is 0 Å². The summed E-state index contributed by atoms with van der Waals surface area (Å²) in [5.74, 6) is 0.832. The van der Waals surface area contributed by atoms with Gasteiger partial charge < -0.3 is 19.5 Å². The minimum atomic E-state index is -0.240. The van der Waals surface area contributed by atoms with Crippen molar-refractivity contribution in [2.45, 2.75) is 26.0 Å². The van der Waals surface area contributed by atoms with Gasteiger partial charge in [0.1, 0.15) is 13.2 Å². The van der Waals surface area contributed by atoms with E-state index in [1.165, 1.54) is 0 Å². The number of nitrogens with one attached hydrogen (secondary N) is 1. The molecule has 1 N–H and O–H groups in total. The molecule has 3 aromatic rings. The fourth-order valence-electron chi connectivity index (χ4n) is 3.28. The van der Waals surface area contributed by atoms with Crippen molar-refractivity contribution >= 4 is 17.4 Å². The lowest BCUT2D eigenvalue weighted by molar-refractivity contribution is -0.116. The number of carbonyl (C=O) groups excluding carboxylic acids is 2. The number of rotatable bonds is 10. The molecule has 2 heterocycles. The Morgan fingerprint density at radius 1 is 1.03 bits per heavy atom. The number of ketones is 1. The van der Waals surface area contributed by atoms with Crippen molar-refractivity contribution in [1.82, 2.24) is 9.78 Å². The molecule has 8 nitrogen and oxygen atoms in total. The molecule has 166 valence electrons. The summed E-state index contributed by atoms with van der Waals surface area (Å²) in [7, 11) is 0. The number of Topliss-reactive ketones (excluding diaryl/α,β-unsaturated/α-hetero) is 1. The zero-order valence-corrected chi connectivity index (χ0v) is 17.7. The second kappa shape index (κ2) is 10.6. The Kier molecular flexibility index (Phi) is 7.14. The molecule has 1 amide bonds. The molecule has 0 spiro atoms. The van der Waals surface area contributed by atoms with E-state index in [0.29, 0.717) is 55.7 Å². The summed E-state index contributed by atoms with van der Waals surface area (Å²) in [6, 6.07) is 15.0. The number of hydrogen-bond acceptors (Lipinski definition) is 6. The van der Waals surface area contributed by atoms with E-state index in [2.05, 4.69) is 10.4 Å². The van der Waals surface area contributed by atoms with Crippen LogP contribution in [0.25, 0.3) is 0 Å². The summed E-state index contributed by atoms with van der Waals surface area (Å²) in [6.45, 7) is 2.58. The predicted molar refractivity (Wildman–Crippen MR) is 118 cm³/mol. The summed E-state index contributed by atoms with van der Waals surface area (Å²) in [5.41, 5.74) is 2.21. The third kappa shape index (κ3) is 5.95. The van der Waals surface area contributed by atoms with Crippen molar-refractivity contribution in [1.29, 1.82) is 0 Å². The zero-order chi connectivity index (χ0) is 22.2. The van der Waals surface area contributed by atoms with Crippen LogP contribution in [0.2, 0.25) is 0 Å². The summed E-state index contributed by atoms with van der Waals surface area (Å²) in [4.78, 5) is 24.7. The van der Waals surface area contributed by atoms with Crippen molar-refractivity contribution in [3.05, 3.63) is 72.1 Å². The van der Waals surface area contributed by atoms with E-state index in [0.717, 1.165) is 5.56 Å². The second-order valence-electron chi connectivity index (χ2n) is 7.36. The van der Waals surface area contributed by atoms with Gasteiger partial charge in [-0.05, 0) is 23.8 Å². The van der Waals surface area contributed by atoms with Crippen molar-refractivity contribution in [3.63, 3.8) is 0 Å². The minimum Gasteiger partial charge on any atom is -0.486 e. The molecule has 2 aromatic carbocycles. The SMILES string of the molecule is O=C(CCC(=O)c1ccc2c(c1)OCCO2)Nc1cnn(CCOCc2ccccc2)c1. The lowest BCUT2D eigenvalue weighted by Crippen LogP contribution is -2.16. The first-order chi connectivity index (χ1) is 15.7. The second-order valence-corrected chi connectivity index (χ2v) is 7.36. The molecule has 8 heteroatoms. The van der Waals surface area contributed by atoms with E-state index in [1.807, 2.05) is 30.3 Å². The monoisotopic (exact) mass is 435 g/mol. The van der Waals surface area contributed by atoms with Gasteiger partial charge in [0.2, 0.25) is 5.91 Å². The van der Waals surface area contributed by atoms with Crippen molar-refractivity contribution in [2.75, 3.05) is 25.1 Å². The number of hydrogen-bond donors (Lipinski definition) is 1. The summed E-state index contributed by atoms with van der Waals surface area (Å²) < 4.78 is 18.3. The van der Waals surface area contributed by atoms with Gasteiger partial charge in [0.25, 0.3) is 0 Å². The van der Waals surface area contributed by atoms with Crippen LogP contribution in [0.15, 0.2) is 60.9 Å². The topological polar surface area (TPSA) is 91.7 Å². The van der Waals surface area contributed by atoms with Crippen LogP contribution in [0.5, 0.6) is 11.5 Å². The average molecular weight is 435 g/mol. The Balaban J connectivity index is 1.18. The summed E-state index contributed by atoms with van der Waals surface area (Å²) in [6.07, 6.45) is 3.51. The van der Waals surface area contributed by atoms with E-state index in [9.17, 15) is 9.59 Å². The van der Waals surface area contributed by atoms with Gasteiger partial charge in [-0.25, -0.2) is 0 Å². The fraction of sp³-hybridized carbons (Fsp3) is 0.292. The molecule has 0 fully saturated rings. The van der Waals surface area contributed by atoms with E-state index >= 15 is 0 Å². The summed E-state index contributed by atoms with van der Waals surface area (Å²) >= 11 is 0. The average Bonchev–Trinajstić information content (AvgIpc) is 3.27. The van der Waals surface area contributed by atoms with Gasteiger partial charge in [0, 0.05) is 24.6 Å². The number of fused-ring (bicyclic) bond motifs is 1. The molecule has 0 radical (unpaired) electrons. The van der Waals surface area contributed by atoms with E-state index in [4.69, 9.17) is 14.2 Å². The maximum atomic E-state index is 12.4. The molecule has 0 bridgehead atoms. The molecule has 0 unspecified atom stereocenters. The first kappa shape index (κ1) is 21.6. The molecule has 0 saturated carbocycles. The molecule has 0 atom stereocenters. The van der Waals surface area contributed by atoms with Gasteiger partial charge in [-0.1, -0.05) is 30.3 Å². The van der Waals surface area contributed by atoms with E-state index in [-0.39, 0.29) is 24.5 Å². The fourth-order valence-corrected chi connectivity index (χ4v) is 3.28. The molecule has 1 aliphatic rings. The zero-order valence-electron chi connectivity index (χ0n) is 17.7. The Hall–Kier alpha value is -3.65. The smallest absolute Gasteiger partial charge is 0.224 e. The predicted octanol–water partition coefficient (Wildman–Crippen LogP) is 3.47. The van der Waals surface area contributed by atoms with Crippen LogP contribution in [-0.2, 0) is 22.7 Å². The van der Waals surface area contributed by atoms with Gasteiger partial charge in [0.15, 0.2) is 17.3 Å². The van der Waals surface area contributed by atoms with Crippen molar-refractivity contribution < 1.29 is 23.8 Å². The van der Waals surface area contributed by atoms with E-state index in [1.54, 1.807) is 35.3 Å².